The average molecular weight is 248 g/mol. The van der Waals surface area contributed by atoms with Crippen molar-refractivity contribution in [2.75, 3.05) is 0 Å². The van der Waals surface area contributed by atoms with Crippen molar-refractivity contribution in [3.05, 3.63) is 47.5 Å². The van der Waals surface area contributed by atoms with Crippen LogP contribution in [-0.2, 0) is 0 Å². The monoisotopic (exact) mass is 248 g/mol. The molecule has 0 unspecified atom stereocenters. The highest BCUT2D eigenvalue weighted by Crippen LogP contribution is 2.19. The predicted octanol–water partition coefficient (Wildman–Crippen LogP) is 2.83. The van der Waals surface area contributed by atoms with Crippen LogP contribution < -0.4 is 0 Å². The smallest absolute Gasteiger partial charge is 0.340 e. The fraction of sp³-hybridized carbons (Fsp3) is 0.231. The van der Waals surface area contributed by atoms with Crippen LogP contribution in [0.25, 0.3) is 5.69 Å². The van der Waals surface area contributed by atoms with Crippen LogP contribution in [0.5, 0.6) is 0 Å². The van der Waals surface area contributed by atoms with Crippen LogP contribution in [0.1, 0.15) is 35.8 Å². The fourth-order valence-electron chi connectivity index (χ4n) is 1.70. The maximum atomic E-state index is 13.5. The van der Waals surface area contributed by atoms with E-state index < -0.39 is 11.8 Å². The lowest BCUT2D eigenvalue weighted by Gasteiger charge is -2.07. The van der Waals surface area contributed by atoms with Crippen molar-refractivity contribution < 1.29 is 14.3 Å². The van der Waals surface area contributed by atoms with Crippen LogP contribution >= 0.6 is 0 Å². The van der Waals surface area contributed by atoms with E-state index in [0.717, 1.165) is 11.8 Å². The molecule has 1 heterocycles. The van der Waals surface area contributed by atoms with Gasteiger partial charge in [-0.3, -0.25) is 0 Å². The summed E-state index contributed by atoms with van der Waals surface area (Å²) in [5.41, 5.74) is 0.695. The number of carbonyl (C=O) groups is 1. The van der Waals surface area contributed by atoms with Crippen molar-refractivity contribution in [1.82, 2.24) is 9.78 Å². The predicted molar refractivity (Wildman–Crippen MR) is 64.6 cm³/mol. The number of aromatic carboxylic acids is 1. The van der Waals surface area contributed by atoms with E-state index in [9.17, 15) is 9.18 Å². The number of hydrogen-bond acceptors (Lipinski definition) is 2. The van der Waals surface area contributed by atoms with E-state index in [0.29, 0.717) is 0 Å². The molecule has 0 amide bonds. The maximum absolute atomic E-state index is 13.5. The van der Waals surface area contributed by atoms with Gasteiger partial charge in [0.15, 0.2) is 0 Å². The first-order valence-electron chi connectivity index (χ1n) is 5.58. The van der Waals surface area contributed by atoms with Gasteiger partial charge in [-0.15, -0.1) is 0 Å². The van der Waals surface area contributed by atoms with Crippen LogP contribution in [0.2, 0.25) is 0 Å². The minimum Gasteiger partial charge on any atom is -0.478 e. The summed E-state index contributed by atoms with van der Waals surface area (Å²) in [6.45, 7) is 3.96. The Morgan fingerprint density at radius 2 is 2.11 bits per heavy atom. The first-order chi connectivity index (χ1) is 8.50. The Morgan fingerprint density at radius 3 is 2.67 bits per heavy atom. The molecule has 0 atom stereocenters. The van der Waals surface area contributed by atoms with E-state index in [1.165, 1.54) is 16.8 Å². The molecule has 1 aromatic carbocycles. The molecule has 0 radical (unpaired) electrons. The summed E-state index contributed by atoms with van der Waals surface area (Å²) in [5, 5.41) is 13.3. The molecule has 0 saturated heterocycles. The molecular formula is C13H13FN2O2. The lowest BCUT2D eigenvalue weighted by molar-refractivity contribution is 0.0691. The number of halogens is 1. The Balaban J connectivity index is 2.56. The Morgan fingerprint density at radius 1 is 1.39 bits per heavy atom. The van der Waals surface area contributed by atoms with Gasteiger partial charge in [0.25, 0.3) is 0 Å². The minimum atomic E-state index is -1.30. The molecule has 0 aliphatic heterocycles. The molecule has 18 heavy (non-hydrogen) atoms. The summed E-state index contributed by atoms with van der Waals surface area (Å²) in [4.78, 5) is 11.1. The second-order valence-corrected chi connectivity index (χ2v) is 4.28. The third-order valence-corrected chi connectivity index (χ3v) is 2.65. The van der Waals surface area contributed by atoms with E-state index in [4.69, 9.17) is 5.11 Å². The lowest BCUT2D eigenvalue weighted by atomic mass is 10.1. The minimum absolute atomic E-state index is 0.230. The van der Waals surface area contributed by atoms with Crippen molar-refractivity contribution in [3.63, 3.8) is 0 Å². The highest BCUT2D eigenvalue weighted by molar-refractivity contribution is 5.92. The van der Waals surface area contributed by atoms with Gasteiger partial charge in [-0.2, -0.15) is 5.10 Å². The highest BCUT2D eigenvalue weighted by Gasteiger charge is 2.17. The number of rotatable bonds is 3. The van der Waals surface area contributed by atoms with Crippen LogP contribution in [0.4, 0.5) is 4.39 Å². The number of carboxylic acid groups (broad SMARTS) is 1. The topological polar surface area (TPSA) is 55.1 Å². The Labute approximate surface area is 104 Å². The highest BCUT2D eigenvalue weighted by atomic mass is 19.1. The molecule has 0 fully saturated rings. The van der Waals surface area contributed by atoms with Gasteiger partial charge in [0, 0.05) is 6.20 Å². The van der Waals surface area contributed by atoms with Crippen molar-refractivity contribution in [2.24, 2.45) is 0 Å². The van der Waals surface area contributed by atoms with Gasteiger partial charge in [-0.25, -0.2) is 13.9 Å². The molecule has 1 aromatic heterocycles. The van der Waals surface area contributed by atoms with Gasteiger partial charge in [0.1, 0.15) is 11.4 Å². The molecule has 0 bridgehead atoms. The van der Waals surface area contributed by atoms with Crippen LogP contribution in [0.15, 0.2) is 30.5 Å². The summed E-state index contributed by atoms with van der Waals surface area (Å²) in [6.07, 6.45) is 1.64. The SMILES string of the molecule is CC(C)c1ccn(-c2cccc(F)c2C(=O)O)n1. The number of hydrogen-bond donors (Lipinski definition) is 1. The molecular weight excluding hydrogens is 235 g/mol. The van der Waals surface area contributed by atoms with Gasteiger partial charge >= 0.3 is 5.97 Å². The summed E-state index contributed by atoms with van der Waals surface area (Å²) in [7, 11) is 0. The molecule has 0 aliphatic carbocycles. The molecule has 2 aromatic rings. The zero-order chi connectivity index (χ0) is 13.3. The summed E-state index contributed by atoms with van der Waals surface area (Å²) in [6, 6.07) is 5.92. The molecule has 0 spiro atoms. The van der Waals surface area contributed by atoms with Gasteiger partial charge < -0.3 is 5.11 Å². The largest absolute Gasteiger partial charge is 0.478 e. The zero-order valence-corrected chi connectivity index (χ0v) is 10.1. The molecule has 2 rings (SSSR count). The molecule has 1 N–H and O–H groups in total. The van der Waals surface area contributed by atoms with Gasteiger partial charge in [0.2, 0.25) is 0 Å². The standard InChI is InChI=1S/C13H13FN2O2/c1-8(2)10-6-7-16(15-10)11-5-3-4-9(14)12(11)13(17)18/h3-8H,1-2H3,(H,17,18). The van der Waals surface area contributed by atoms with Crippen LogP contribution in [0, 0.1) is 5.82 Å². The fourth-order valence-corrected chi connectivity index (χ4v) is 1.70. The van der Waals surface area contributed by atoms with Crippen LogP contribution in [-0.4, -0.2) is 20.9 Å². The molecule has 5 heteroatoms. The number of carboxylic acids is 1. The van der Waals surface area contributed by atoms with Crippen molar-refractivity contribution in [2.45, 2.75) is 19.8 Å². The maximum Gasteiger partial charge on any atom is 0.340 e. The summed E-state index contributed by atoms with van der Waals surface area (Å²) < 4.78 is 14.9. The lowest BCUT2D eigenvalue weighted by Crippen LogP contribution is -2.09. The molecule has 0 saturated carbocycles. The van der Waals surface area contributed by atoms with E-state index in [1.807, 2.05) is 13.8 Å². The normalized spacial score (nSPS) is 10.9. The van der Waals surface area contributed by atoms with Gasteiger partial charge in [0.05, 0.1) is 11.4 Å². The Kier molecular flexibility index (Phi) is 3.14. The number of aromatic nitrogens is 2. The van der Waals surface area contributed by atoms with E-state index in [2.05, 4.69) is 5.10 Å². The van der Waals surface area contributed by atoms with Crippen molar-refractivity contribution in [3.8, 4) is 5.69 Å². The molecule has 94 valence electrons. The third-order valence-electron chi connectivity index (χ3n) is 2.65. The second kappa shape index (κ2) is 4.60. The second-order valence-electron chi connectivity index (χ2n) is 4.28. The molecule has 0 aliphatic rings. The van der Waals surface area contributed by atoms with E-state index in [-0.39, 0.29) is 17.2 Å². The van der Waals surface area contributed by atoms with E-state index in [1.54, 1.807) is 12.3 Å². The first kappa shape index (κ1) is 12.3. The third kappa shape index (κ3) is 2.11. The first-order valence-corrected chi connectivity index (χ1v) is 5.58. The van der Waals surface area contributed by atoms with Crippen molar-refractivity contribution in [1.29, 1.82) is 0 Å². The van der Waals surface area contributed by atoms with Crippen LogP contribution in [0.3, 0.4) is 0 Å². The van der Waals surface area contributed by atoms with Crippen molar-refractivity contribution >= 4 is 5.97 Å². The van der Waals surface area contributed by atoms with E-state index >= 15 is 0 Å². The number of benzene rings is 1. The zero-order valence-electron chi connectivity index (χ0n) is 10.1. The number of nitrogens with zero attached hydrogens (tertiary/aromatic N) is 2. The Bertz CT molecular complexity index is 590. The Hall–Kier alpha value is -2.17. The summed E-state index contributed by atoms with van der Waals surface area (Å²) in [5.74, 6) is -1.83. The average Bonchev–Trinajstić information content (AvgIpc) is 2.77. The van der Waals surface area contributed by atoms with Gasteiger partial charge in [-0.05, 0) is 24.1 Å². The quantitative estimate of drug-likeness (QED) is 0.908. The summed E-state index contributed by atoms with van der Waals surface area (Å²) >= 11 is 0. The molecule has 4 nitrogen and oxygen atoms in total. The van der Waals surface area contributed by atoms with Gasteiger partial charge in [-0.1, -0.05) is 19.9 Å².